The van der Waals surface area contributed by atoms with Gasteiger partial charge >= 0.3 is 0 Å². The van der Waals surface area contributed by atoms with Gasteiger partial charge in [0.2, 0.25) is 11.8 Å². The molecule has 4 N–H and O–H groups in total. The van der Waals surface area contributed by atoms with Crippen LogP contribution in [0, 0.1) is 18.8 Å². The molecule has 0 spiro atoms. The second-order valence-corrected chi connectivity index (χ2v) is 11.6. The first-order chi connectivity index (χ1) is 18.2. The van der Waals surface area contributed by atoms with E-state index in [4.69, 9.17) is 4.74 Å². The maximum atomic E-state index is 13.5. The molecule has 0 bridgehead atoms. The summed E-state index contributed by atoms with van der Waals surface area (Å²) in [7, 11) is 0. The summed E-state index contributed by atoms with van der Waals surface area (Å²) >= 11 is 1.56. The predicted octanol–water partition coefficient (Wildman–Crippen LogP) is 2.65. The number of β-amino-alcohol motifs (C(OH)–C–C–N with tert-alkyl or cyclic N) is 1. The summed E-state index contributed by atoms with van der Waals surface area (Å²) in [6.45, 7) is 9.28. The number of nitrogens with one attached hydrogen (secondary N) is 2. The van der Waals surface area contributed by atoms with Crippen LogP contribution in [0.15, 0.2) is 23.7 Å². The van der Waals surface area contributed by atoms with Gasteiger partial charge in [0.25, 0.3) is 0 Å². The van der Waals surface area contributed by atoms with E-state index in [-0.39, 0.29) is 49.3 Å². The lowest BCUT2D eigenvalue weighted by Gasteiger charge is -2.30. The Morgan fingerprint density at radius 1 is 1.26 bits per heavy atom. The number of aliphatic hydroxyl groups is 2. The number of aryl methyl sites for hydroxylation is 1. The van der Waals surface area contributed by atoms with Crippen LogP contribution >= 0.6 is 11.3 Å². The number of likely N-dealkylation sites (tertiary alicyclic amines) is 1. The standard InChI is InChI=1S/C28H40N4O5S/c1-16(2)17(3)28(36)32-13-20(34)12-24(32)27(35)31-23(14-33)22-6-5-19(26-18(4)30-15-38-26)11-25(22)37-21-7-9-29-10-8-21/h5-6,11,15-17,20-21,23-24,29,33-34H,7-10,12-14H2,1-4H3,(H,31,35). The Hall–Kier alpha value is -2.53. The van der Waals surface area contributed by atoms with Crippen molar-refractivity contribution in [3.8, 4) is 16.2 Å². The molecule has 208 valence electrons. The van der Waals surface area contributed by atoms with Crippen LogP contribution in [0.2, 0.25) is 0 Å². The predicted molar refractivity (Wildman–Crippen MR) is 147 cm³/mol. The van der Waals surface area contributed by atoms with E-state index < -0.39 is 18.2 Å². The van der Waals surface area contributed by atoms with E-state index in [1.807, 2.05) is 51.4 Å². The third kappa shape index (κ3) is 6.36. The minimum absolute atomic E-state index is 0.0264. The lowest BCUT2D eigenvalue weighted by molar-refractivity contribution is -0.142. The van der Waals surface area contributed by atoms with Crippen molar-refractivity contribution in [1.29, 1.82) is 0 Å². The van der Waals surface area contributed by atoms with Crippen LogP contribution in [0.5, 0.6) is 5.75 Å². The van der Waals surface area contributed by atoms with E-state index in [1.165, 1.54) is 4.90 Å². The average molecular weight is 545 g/mol. The van der Waals surface area contributed by atoms with Gasteiger partial charge in [-0.15, -0.1) is 11.3 Å². The van der Waals surface area contributed by atoms with Gasteiger partial charge in [-0.25, -0.2) is 4.98 Å². The van der Waals surface area contributed by atoms with Gasteiger partial charge in [-0.2, -0.15) is 0 Å². The molecule has 10 heteroatoms. The quantitative estimate of drug-likeness (QED) is 0.383. The highest BCUT2D eigenvalue weighted by atomic mass is 32.1. The van der Waals surface area contributed by atoms with Crippen molar-refractivity contribution in [2.45, 2.75) is 71.2 Å². The summed E-state index contributed by atoms with van der Waals surface area (Å²) in [6, 6.07) is 4.29. The molecule has 9 nitrogen and oxygen atoms in total. The minimum Gasteiger partial charge on any atom is -0.490 e. The summed E-state index contributed by atoms with van der Waals surface area (Å²) in [4.78, 5) is 33.4. The van der Waals surface area contributed by atoms with Gasteiger partial charge in [0.05, 0.1) is 34.8 Å². The fourth-order valence-corrected chi connectivity index (χ4v) is 5.88. The van der Waals surface area contributed by atoms with E-state index in [2.05, 4.69) is 15.6 Å². The molecule has 1 aromatic carbocycles. The van der Waals surface area contributed by atoms with Gasteiger partial charge in [-0.3, -0.25) is 9.59 Å². The molecule has 2 aliphatic heterocycles. The summed E-state index contributed by atoms with van der Waals surface area (Å²) in [5.41, 5.74) is 4.39. The summed E-state index contributed by atoms with van der Waals surface area (Å²) < 4.78 is 6.47. The molecular formula is C28H40N4O5S. The second-order valence-electron chi connectivity index (χ2n) is 10.8. The summed E-state index contributed by atoms with van der Waals surface area (Å²) in [6.07, 6.45) is 1.16. The van der Waals surface area contributed by atoms with Crippen LogP contribution in [-0.4, -0.2) is 76.4 Å². The first kappa shape index (κ1) is 28.5. The molecule has 1 aromatic heterocycles. The Morgan fingerprint density at radius 2 is 2.00 bits per heavy atom. The number of aromatic nitrogens is 1. The van der Waals surface area contributed by atoms with E-state index >= 15 is 0 Å². The van der Waals surface area contributed by atoms with Gasteiger partial charge in [-0.1, -0.05) is 32.9 Å². The van der Waals surface area contributed by atoms with Gasteiger partial charge in [0.1, 0.15) is 17.9 Å². The zero-order valence-corrected chi connectivity index (χ0v) is 23.5. The van der Waals surface area contributed by atoms with Crippen LogP contribution in [0.4, 0.5) is 0 Å². The smallest absolute Gasteiger partial charge is 0.243 e. The number of hydrogen-bond donors (Lipinski definition) is 4. The topological polar surface area (TPSA) is 124 Å². The summed E-state index contributed by atoms with van der Waals surface area (Å²) in [5.74, 6) is -0.0626. The Morgan fingerprint density at radius 3 is 2.63 bits per heavy atom. The highest BCUT2D eigenvalue weighted by Gasteiger charge is 2.41. The molecule has 4 unspecified atom stereocenters. The largest absolute Gasteiger partial charge is 0.490 e. The Balaban J connectivity index is 1.59. The van der Waals surface area contributed by atoms with Crippen LogP contribution in [0.3, 0.4) is 0 Å². The Labute approximate surface area is 228 Å². The van der Waals surface area contributed by atoms with E-state index in [9.17, 15) is 19.8 Å². The summed E-state index contributed by atoms with van der Waals surface area (Å²) in [5, 5.41) is 27.0. The second kappa shape index (κ2) is 12.5. The zero-order chi connectivity index (χ0) is 27.4. The number of thiazole rings is 1. The van der Waals surface area contributed by atoms with Crippen molar-refractivity contribution in [2.75, 3.05) is 26.2 Å². The maximum absolute atomic E-state index is 13.5. The Kier molecular flexibility index (Phi) is 9.40. The molecule has 0 radical (unpaired) electrons. The molecule has 2 amide bonds. The number of benzene rings is 1. The highest BCUT2D eigenvalue weighted by molar-refractivity contribution is 7.13. The van der Waals surface area contributed by atoms with Gasteiger partial charge in [0.15, 0.2) is 0 Å². The number of amides is 2. The van der Waals surface area contributed by atoms with Crippen molar-refractivity contribution < 1.29 is 24.5 Å². The van der Waals surface area contributed by atoms with Crippen LogP contribution in [0.1, 0.15) is 57.3 Å². The van der Waals surface area contributed by atoms with Crippen molar-refractivity contribution >= 4 is 23.2 Å². The van der Waals surface area contributed by atoms with Crippen LogP contribution in [0.25, 0.3) is 10.4 Å². The molecular weight excluding hydrogens is 504 g/mol. The number of carbonyl (C=O) groups is 2. The molecule has 4 atom stereocenters. The first-order valence-electron chi connectivity index (χ1n) is 13.5. The number of aliphatic hydroxyl groups excluding tert-OH is 2. The Bertz CT molecular complexity index is 1120. The zero-order valence-electron chi connectivity index (χ0n) is 22.6. The molecule has 3 heterocycles. The number of nitrogens with zero attached hydrogens (tertiary/aromatic N) is 2. The molecule has 2 saturated heterocycles. The number of carbonyl (C=O) groups excluding carboxylic acids is 2. The molecule has 2 fully saturated rings. The third-order valence-corrected chi connectivity index (χ3v) is 8.71. The lowest BCUT2D eigenvalue weighted by atomic mass is 9.96. The number of hydrogen-bond acceptors (Lipinski definition) is 8. The van der Waals surface area contributed by atoms with E-state index in [0.717, 1.165) is 42.1 Å². The normalized spacial score (nSPS) is 21.9. The monoisotopic (exact) mass is 544 g/mol. The maximum Gasteiger partial charge on any atom is 0.243 e. The van der Waals surface area contributed by atoms with Crippen LogP contribution in [-0.2, 0) is 9.59 Å². The van der Waals surface area contributed by atoms with Crippen molar-refractivity contribution in [3.05, 3.63) is 35.0 Å². The fourth-order valence-electron chi connectivity index (χ4n) is 5.08. The lowest BCUT2D eigenvalue weighted by Crippen LogP contribution is -2.49. The number of piperidine rings is 1. The molecule has 4 rings (SSSR count). The molecule has 38 heavy (non-hydrogen) atoms. The highest BCUT2D eigenvalue weighted by Crippen LogP contribution is 2.36. The molecule has 0 aliphatic carbocycles. The molecule has 0 saturated carbocycles. The number of ether oxygens (including phenoxy) is 1. The van der Waals surface area contributed by atoms with Crippen molar-refractivity contribution in [2.24, 2.45) is 11.8 Å². The average Bonchev–Trinajstić information content (AvgIpc) is 3.52. The fraction of sp³-hybridized carbons (Fsp3) is 0.607. The van der Waals surface area contributed by atoms with Gasteiger partial charge in [-0.05, 0) is 50.4 Å². The van der Waals surface area contributed by atoms with Crippen molar-refractivity contribution in [1.82, 2.24) is 20.5 Å². The van der Waals surface area contributed by atoms with Crippen LogP contribution < -0.4 is 15.4 Å². The minimum atomic E-state index is -0.791. The van der Waals surface area contributed by atoms with E-state index in [0.29, 0.717) is 11.3 Å². The van der Waals surface area contributed by atoms with Gasteiger partial charge in [0, 0.05) is 24.4 Å². The van der Waals surface area contributed by atoms with Gasteiger partial charge < -0.3 is 30.5 Å². The van der Waals surface area contributed by atoms with E-state index in [1.54, 1.807) is 11.3 Å². The first-order valence-corrected chi connectivity index (χ1v) is 14.4. The molecule has 2 aromatic rings. The number of rotatable bonds is 9. The van der Waals surface area contributed by atoms with Crippen molar-refractivity contribution in [3.63, 3.8) is 0 Å². The molecule has 2 aliphatic rings. The SMILES string of the molecule is Cc1ncsc1-c1ccc(C(CO)NC(=O)C2CC(O)CN2C(=O)C(C)C(C)C)c(OC2CCNCC2)c1. The third-order valence-electron chi connectivity index (χ3n) is 7.73.